The first kappa shape index (κ1) is 11.1. The van der Waals surface area contributed by atoms with Crippen LogP contribution >= 0.6 is 0 Å². The Kier molecular flexibility index (Phi) is 2.70. The lowest BCUT2D eigenvalue weighted by atomic mass is 10.2. The standard InChI is InChI=1S/C14H17N3O/c1-17-7-6-10-2-3-12(8-13(10)17)15-9-14(18)16-11-4-5-11/h2-3,6-8,11,15H,4-5,9H2,1H3,(H,16,18). The van der Waals surface area contributed by atoms with E-state index in [-0.39, 0.29) is 5.91 Å². The molecule has 0 atom stereocenters. The van der Waals surface area contributed by atoms with Gasteiger partial charge >= 0.3 is 0 Å². The van der Waals surface area contributed by atoms with Gasteiger partial charge in [0, 0.05) is 30.5 Å². The summed E-state index contributed by atoms with van der Waals surface area (Å²) < 4.78 is 2.07. The molecule has 94 valence electrons. The van der Waals surface area contributed by atoms with Crippen molar-refractivity contribution >= 4 is 22.5 Å². The highest BCUT2D eigenvalue weighted by atomic mass is 16.2. The summed E-state index contributed by atoms with van der Waals surface area (Å²) >= 11 is 0. The number of anilines is 1. The average Bonchev–Trinajstić information content (AvgIpc) is 3.10. The summed E-state index contributed by atoms with van der Waals surface area (Å²) in [5.41, 5.74) is 2.15. The summed E-state index contributed by atoms with van der Waals surface area (Å²) in [6.07, 6.45) is 4.29. The molecular formula is C14H17N3O. The van der Waals surface area contributed by atoms with E-state index >= 15 is 0 Å². The van der Waals surface area contributed by atoms with Crippen molar-refractivity contribution in [3.05, 3.63) is 30.5 Å². The maximum atomic E-state index is 11.6. The molecule has 1 aliphatic carbocycles. The Bertz CT molecular complexity index is 584. The molecule has 1 aromatic heterocycles. The number of rotatable bonds is 4. The van der Waals surface area contributed by atoms with Crippen molar-refractivity contribution in [1.29, 1.82) is 0 Å². The molecule has 2 N–H and O–H groups in total. The average molecular weight is 243 g/mol. The zero-order valence-electron chi connectivity index (χ0n) is 10.4. The largest absolute Gasteiger partial charge is 0.376 e. The fourth-order valence-electron chi connectivity index (χ4n) is 2.06. The van der Waals surface area contributed by atoms with Gasteiger partial charge in [-0.15, -0.1) is 0 Å². The van der Waals surface area contributed by atoms with Gasteiger partial charge in [-0.05, 0) is 36.4 Å². The molecule has 0 unspecified atom stereocenters. The van der Waals surface area contributed by atoms with Gasteiger partial charge in [-0.2, -0.15) is 0 Å². The van der Waals surface area contributed by atoms with E-state index in [2.05, 4.69) is 33.4 Å². The van der Waals surface area contributed by atoms with E-state index in [9.17, 15) is 4.79 Å². The van der Waals surface area contributed by atoms with Crippen molar-refractivity contribution in [2.45, 2.75) is 18.9 Å². The Balaban J connectivity index is 1.66. The van der Waals surface area contributed by atoms with Crippen LogP contribution in [0.2, 0.25) is 0 Å². The van der Waals surface area contributed by atoms with Crippen LogP contribution in [0.4, 0.5) is 5.69 Å². The van der Waals surface area contributed by atoms with Crippen LogP contribution in [0.5, 0.6) is 0 Å². The number of hydrogen-bond donors (Lipinski definition) is 2. The summed E-state index contributed by atoms with van der Waals surface area (Å²) in [6.45, 7) is 0.340. The topological polar surface area (TPSA) is 46.1 Å². The van der Waals surface area contributed by atoms with E-state index in [1.165, 1.54) is 10.9 Å². The van der Waals surface area contributed by atoms with Gasteiger partial charge in [-0.25, -0.2) is 0 Å². The molecule has 1 fully saturated rings. The first-order chi connectivity index (χ1) is 8.72. The van der Waals surface area contributed by atoms with Crippen molar-refractivity contribution in [1.82, 2.24) is 9.88 Å². The maximum Gasteiger partial charge on any atom is 0.239 e. The molecule has 0 bridgehead atoms. The summed E-state index contributed by atoms with van der Waals surface area (Å²) in [6, 6.07) is 8.65. The number of benzene rings is 1. The van der Waals surface area contributed by atoms with Gasteiger partial charge < -0.3 is 15.2 Å². The minimum absolute atomic E-state index is 0.0736. The predicted octanol–water partition coefficient (Wildman–Crippen LogP) is 1.87. The molecule has 1 aromatic carbocycles. The molecule has 4 nitrogen and oxygen atoms in total. The maximum absolute atomic E-state index is 11.6. The SMILES string of the molecule is Cn1ccc2ccc(NCC(=O)NC3CC3)cc21. The highest BCUT2D eigenvalue weighted by Gasteiger charge is 2.22. The van der Waals surface area contributed by atoms with Crippen LogP contribution in [0, 0.1) is 0 Å². The molecule has 2 aromatic rings. The highest BCUT2D eigenvalue weighted by molar-refractivity contribution is 5.85. The number of carbonyl (C=O) groups is 1. The Morgan fingerprint density at radius 3 is 3.00 bits per heavy atom. The molecule has 1 amide bonds. The van der Waals surface area contributed by atoms with E-state index in [0.29, 0.717) is 12.6 Å². The Morgan fingerprint density at radius 1 is 1.39 bits per heavy atom. The van der Waals surface area contributed by atoms with Crippen LogP contribution in [0.1, 0.15) is 12.8 Å². The molecule has 1 aliphatic rings. The molecule has 1 saturated carbocycles. The number of amides is 1. The number of hydrogen-bond acceptors (Lipinski definition) is 2. The fraction of sp³-hybridized carbons (Fsp3) is 0.357. The number of nitrogens with one attached hydrogen (secondary N) is 2. The third-order valence-corrected chi connectivity index (χ3v) is 3.28. The van der Waals surface area contributed by atoms with Gasteiger partial charge in [0.2, 0.25) is 5.91 Å². The van der Waals surface area contributed by atoms with Gasteiger partial charge in [0.15, 0.2) is 0 Å². The Hall–Kier alpha value is -1.97. The second kappa shape index (κ2) is 4.37. The number of carbonyl (C=O) groups excluding carboxylic acids is 1. The minimum Gasteiger partial charge on any atom is -0.376 e. The zero-order valence-corrected chi connectivity index (χ0v) is 10.4. The lowest BCUT2D eigenvalue weighted by Gasteiger charge is -2.07. The van der Waals surface area contributed by atoms with E-state index in [1.807, 2.05) is 19.3 Å². The Morgan fingerprint density at radius 2 is 2.22 bits per heavy atom. The number of nitrogens with zero attached hydrogens (tertiary/aromatic N) is 1. The molecule has 3 rings (SSSR count). The number of aryl methyl sites for hydroxylation is 1. The third kappa shape index (κ3) is 2.32. The zero-order chi connectivity index (χ0) is 12.5. The second-order valence-corrected chi connectivity index (χ2v) is 4.90. The highest BCUT2D eigenvalue weighted by Crippen LogP contribution is 2.20. The van der Waals surface area contributed by atoms with Gasteiger partial charge in [0.1, 0.15) is 0 Å². The lowest BCUT2D eigenvalue weighted by molar-refractivity contribution is -0.119. The smallest absolute Gasteiger partial charge is 0.239 e. The van der Waals surface area contributed by atoms with Crippen LogP contribution in [-0.4, -0.2) is 23.1 Å². The van der Waals surface area contributed by atoms with E-state index in [0.717, 1.165) is 18.5 Å². The summed E-state index contributed by atoms with van der Waals surface area (Å²) in [5, 5.41) is 7.34. The molecule has 0 aliphatic heterocycles. The number of fused-ring (bicyclic) bond motifs is 1. The van der Waals surface area contributed by atoms with Crippen LogP contribution in [0.15, 0.2) is 30.5 Å². The van der Waals surface area contributed by atoms with Crippen LogP contribution in [0.3, 0.4) is 0 Å². The molecular weight excluding hydrogens is 226 g/mol. The summed E-state index contributed by atoms with van der Waals surface area (Å²) in [7, 11) is 2.02. The predicted molar refractivity (Wildman–Crippen MR) is 72.6 cm³/mol. The minimum atomic E-state index is 0.0736. The second-order valence-electron chi connectivity index (χ2n) is 4.90. The molecule has 0 spiro atoms. The summed E-state index contributed by atoms with van der Waals surface area (Å²) in [4.78, 5) is 11.6. The van der Waals surface area contributed by atoms with Crippen LogP contribution in [-0.2, 0) is 11.8 Å². The van der Waals surface area contributed by atoms with Gasteiger partial charge in [-0.3, -0.25) is 4.79 Å². The fourth-order valence-corrected chi connectivity index (χ4v) is 2.06. The normalized spacial score (nSPS) is 14.7. The van der Waals surface area contributed by atoms with Crippen molar-refractivity contribution < 1.29 is 4.79 Å². The quantitative estimate of drug-likeness (QED) is 0.861. The first-order valence-corrected chi connectivity index (χ1v) is 6.31. The molecule has 0 radical (unpaired) electrons. The first-order valence-electron chi connectivity index (χ1n) is 6.31. The Labute approximate surface area is 106 Å². The molecule has 0 saturated heterocycles. The molecule has 1 heterocycles. The van der Waals surface area contributed by atoms with E-state index in [1.54, 1.807) is 0 Å². The van der Waals surface area contributed by atoms with E-state index < -0.39 is 0 Å². The van der Waals surface area contributed by atoms with Crippen molar-refractivity contribution in [3.8, 4) is 0 Å². The van der Waals surface area contributed by atoms with Gasteiger partial charge in [0.05, 0.1) is 6.54 Å². The molecule has 18 heavy (non-hydrogen) atoms. The summed E-state index contributed by atoms with van der Waals surface area (Å²) in [5.74, 6) is 0.0736. The van der Waals surface area contributed by atoms with Crippen molar-refractivity contribution in [2.24, 2.45) is 7.05 Å². The van der Waals surface area contributed by atoms with E-state index in [4.69, 9.17) is 0 Å². The lowest BCUT2D eigenvalue weighted by Crippen LogP contribution is -2.31. The van der Waals surface area contributed by atoms with Crippen molar-refractivity contribution in [3.63, 3.8) is 0 Å². The number of aromatic nitrogens is 1. The van der Waals surface area contributed by atoms with Gasteiger partial charge in [0.25, 0.3) is 0 Å². The van der Waals surface area contributed by atoms with Crippen LogP contribution in [0.25, 0.3) is 10.9 Å². The van der Waals surface area contributed by atoms with Gasteiger partial charge in [-0.1, -0.05) is 6.07 Å². The van der Waals surface area contributed by atoms with Crippen LogP contribution < -0.4 is 10.6 Å². The monoisotopic (exact) mass is 243 g/mol. The third-order valence-electron chi connectivity index (χ3n) is 3.28. The van der Waals surface area contributed by atoms with Crippen molar-refractivity contribution in [2.75, 3.05) is 11.9 Å². The molecule has 4 heteroatoms.